The standard InChI is InChI=1S/C11H12N4O3S/c1-2-5-12-11(19)14-13-7-8-6-9(15(17)18)3-4-10(8)16/h2-4,6-7,16H,1,5H2,(H2,12,14,19)/p+1. The number of hydrogen-bond donors (Lipinski definition) is 4. The van der Waals surface area contributed by atoms with Gasteiger partial charge in [0, 0.05) is 18.7 Å². The van der Waals surface area contributed by atoms with Gasteiger partial charge < -0.3 is 10.4 Å². The number of nitro groups is 1. The van der Waals surface area contributed by atoms with Crippen LogP contribution in [0.2, 0.25) is 0 Å². The summed E-state index contributed by atoms with van der Waals surface area (Å²) in [5.74, 6) is -0.0788. The number of hydrazone groups is 1. The van der Waals surface area contributed by atoms with Crippen LogP contribution in [0.3, 0.4) is 0 Å². The van der Waals surface area contributed by atoms with Gasteiger partial charge in [-0.3, -0.25) is 10.1 Å². The molecule has 0 amide bonds. The van der Waals surface area contributed by atoms with Gasteiger partial charge >= 0.3 is 0 Å². The van der Waals surface area contributed by atoms with Gasteiger partial charge in [-0.2, -0.15) is 0 Å². The molecule has 8 heteroatoms. The topological polar surface area (TPSA) is 101 Å². The van der Waals surface area contributed by atoms with Gasteiger partial charge in [-0.1, -0.05) is 6.08 Å². The van der Waals surface area contributed by atoms with Crippen molar-refractivity contribution in [1.29, 1.82) is 0 Å². The van der Waals surface area contributed by atoms with Gasteiger partial charge in [0.1, 0.15) is 5.75 Å². The molecule has 0 atom stereocenters. The number of phenolic OH excluding ortho intramolecular Hbond substituents is 1. The molecule has 1 aromatic rings. The van der Waals surface area contributed by atoms with Gasteiger partial charge in [0.2, 0.25) is 11.3 Å². The number of nitro benzene ring substituents is 1. The van der Waals surface area contributed by atoms with Gasteiger partial charge in [-0.05, 0) is 18.3 Å². The van der Waals surface area contributed by atoms with Crippen molar-refractivity contribution in [3.63, 3.8) is 0 Å². The third-order valence-corrected chi connectivity index (χ3v) is 2.29. The molecule has 1 aromatic carbocycles. The highest BCUT2D eigenvalue weighted by molar-refractivity contribution is 7.80. The van der Waals surface area contributed by atoms with Gasteiger partial charge in [0.15, 0.2) is 0 Å². The number of nitrogens with zero attached hydrogens (tertiary/aromatic N) is 1. The molecule has 0 saturated carbocycles. The zero-order valence-corrected chi connectivity index (χ0v) is 10.7. The van der Waals surface area contributed by atoms with E-state index < -0.39 is 4.92 Å². The minimum Gasteiger partial charge on any atom is -0.507 e. The Morgan fingerprint density at radius 1 is 1.63 bits per heavy atom. The average molecular weight is 281 g/mol. The number of nitrogens with one attached hydrogen (secondary N) is 3. The van der Waals surface area contributed by atoms with E-state index in [0.717, 1.165) is 0 Å². The second-order valence-corrected chi connectivity index (χ2v) is 3.82. The van der Waals surface area contributed by atoms with E-state index in [1.807, 2.05) is 0 Å². The van der Waals surface area contributed by atoms with Crippen LogP contribution in [0.4, 0.5) is 5.69 Å². The third kappa shape index (κ3) is 4.72. The summed E-state index contributed by atoms with van der Waals surface area (Å²) in [5, 5.41) is 25.9. The Kier molecular flexibility index (Phi) is 5.42. The highest BCUT2D eigenvalue weighted by Crippen LogP contribution is 2.20. The average Bonchev–Trinajstić information content (AvgIpc) is 2.38. The molecule has 0 fully saturated rings. The fourth-order valence-electron chi connectivity index (χ4n) is 1.16. The molecule has 0 radical (unpaired) electrons. The Bertz CT molecular complexity index is 531. The van der Waals surface area contributed by atoms with Gasteiger partial charge in [0.05, 0.1) is 10.5 Å². The van der Waals surface area contributed by atoms with Crippen molar-refractivity contribution in [3.8, 4) is 5.75 Å². The molecule has 4 N–H and O–H groups in total. The zero-order valence-electron chi connectivity index (χ0n) is 9.92. The van der Waals surface area contributed by atoms with Crippen LogP contribution in [0, 0.1) is 10.1 Å². The van der Waals surface area contributed by atoms with Crippen LogP contribution in [0.15, 0.2) is 30.9 Å². The maximum Gasteiger partial charge on any atom is 0.270 e. The van der Waals surface area contributed by atoms with E-state index in [1.165, 1.54) is 24.4 Å². The summed E-state index contributed by atoms with van der Waals surface area (Å²) in [6, 6.07) is 3.71. The van der Waals surface area contributed by atoms with E-state index in [9.17, 15) is 15.2 Å². The van der Waals surface area contributed by atoms with Crippen LogP contribution < -0.4 is 15.8 Å². The molecule has 0 bridgehead atoms. The van der Waals surface area contributed by atoms with Crippen LogP contribution in [0.25, 0.3) is 0 Å². The minimum atomic E-state index is -0.541. The van der Waals surface area contributed by atoms with E-state index in [-0.39, 0.29) is 17.0 Å². The van der Waals surface area contributed by atoms with Crippen LogP contribution in [0.1, 0.15) is 5.56 Å². The minimum absolute atomic E-state index is 0.0788. The summed E-state index contributed by atoms with van der Waals surface area (Å²) >= 11 is 4.91. The number of non-ortho nitro benzene ring substituents is 1. The van der Waals surface area contributed by atoms with E-state index in [4.69, 9.17) is 12.2 Å². The Hall–Kier alpha value is -2.48. The summed E-state index contributed by atoms with van der Waals surface area (Å²) in [7, 11) is 0. The predicted octanol–water partition coefficient (Wildman–Crippen LogP) is -0.635. The first-order chi connectivity index (χ1) is 9.04. The lowest BCUT2D eigenvalue weighted by Crippen LogP contribution is -2.82. The molecular weight excluding hydrogens is 268 g/mol. The molecule has 0 heterocycles. The maximum atomic E-state index is 10.6. The fraction of sp³-hybridized carbons (Fsp3) is 0.0909. The van der Waals surface area contributed by atoms with Crippen molar-refractivity contribution in [1.82, 2.24) is 10.7 Å². The number of hydrazine groups is 1. The van der Waals surface area contributed by atoms with Crippen molar-refractivity contribution in [2.45, 2.75) is 0 Å². The van der Waals surface area contributed by atoms with Crippen molar-refractivity contribution >= 4 is 29.2 Å². The first-order valence-corrected chi connectivity index (χ1v) is 5.66. The molecule has 0 aliphatic rings. The Balaban J connectivity index is 2.70. The van der Waals surface area contributed by atoms with Crippen LogP contribution in [-0.2, 0) is 0 Å². The summed E-state index contributed by atoms with van der Waals surface area (Å²) in [4.78, 5) is 10.1. The predicted molar refractivity (Wildman–Crippen MR) is 74.8 cm³/mol. The Morgan fingerprint density at radius 3 is 3.00 bits per heavy atom. The van der Waals surface area contributed by atoms with Crippen molar-refractivity contribution in [3.05, 3.63) is 46.5 Å². The van der Waals surface area contributed by atoms with Crippen LogP contribution in [-0.4, -0.2) is 27.9 Å². The molecule has 0 spiro atoms. The van der Waals surface area contributed by atoms with Crippen LogP contribution >= 0.6 is 12.2 Å². The number of phenols is 1. The highest BCUT2D eigenvalue weighted by atomic mass is 32.1. The summed E-state index contributed by atoms with van der Waals surface area (Å²) in [6.07, 6.45) is 3.01. The second kappa shape index (κ2) is 7.07. The van der Waals surface area contributed by atoms with E-state index >= 15 is 0 Å². The summed E-state index contributed by atoms with van der Waals surface area (Å²) < 4.78 is 0. The zero-order chi connectivity index (χ0) is 14.3. The fourth-order valence-corrected chi connectivity index (χ4v) is 1.30. The van der Waals surface area contributed by atoms with E-state index in [1.54, 1.807) is 6.08 Å². The lowest BCUT2D eigenvalue weighted by molar-refractivity contribution is -0.500. The van der Waals surface area contributed by atoms with E-state index in [0.29, 0.717) is 11.7 Å². The van der Waals surface area contributed by atoms with Crippen molar-refractivity contribution in [2.75, 3.05) is 6.54 Å². The molecular formula is C11H13N4O3S+. The first-order valence-electron chi connectivity index (χ1n) is 5.25. The second-order valence-electron chi connectivity index (χ2n) is 3.41. The molecule has 0 saturated heterocycles. The Labute approximate surface area is 114 Å². The Morgan fingerprint density at radius 2 is 2.37 bits per heavy atom. The van der Waals surface area contributed by atoms with Gasteiger partial charge in [-0.15, -0.1) is 17.1 Å². The molecule has 0 unspecified atom stereocenters. The van der Waals surface area contributed by atoms with E-state index in [2.05, 4.69) is 22.4 Å². The molecule has 100 valence electrons. The maximum absolute atomic E-state index is 10.6. The number of hydrogen-bond acceptors (Lipinski definition) is 4. The molecule has 0 aliphatic carbocycles. The number of thiocarbonyl (C=S) groups is 1. The van der Waals surface area contributed by atoms with Crippen LogP contribution in [0.5, 0.6) is 5.75 Å². The summed E-state index contributed by atoms with van der Waals surface area (Å²) in [5.41, 5.74) is 2.79. The van der Waals surface area contributed by atoms with Gasteiger partial charge in [0.25, 0.3) is 5.69 Å². The third-order valence-electron chi connectivity index (χ3n) is 2.04. The lowest BCUT2D eigenvalue weighted by Gasteiger charge is -1.99. The van der Waals surface area contributed by atoms with Crippen molar-refractivity contribution < 1.29 is 15.1 Å². The number of rotatable bonds is 5. The van der Waals surface area contributed by atoms with Gasteiger partial charge in [-0.25, -0.2) is 0 Å². The first kappa shape index (κ1) is 14.6. The molecule has 0 aromatic heterocycles. The lowest BCUT2D eigenvalue weighted by atomic mass is 10.2. The normalized spacial score (nSPS) is 10.1. The molecule has 1 rings (SSSR count). The van der Waals surface area contributed by atoms with Crippen molar-refractivity contribution in [2.24, 2.45) is 0 Å². The smallest absolute Gasteiger partial charge is 0.270 e. The highest BCUT2D eigenvalue weighted by Gasteiger charge is 2.10. The SMILES string of the molecule is C=CCNC(=S)N[NH+]=Cc1cc([N+](=O)[O-])ccc1O. The molecule has 7 nitrogen and oxygen atoms in total. The largest absolute Gasteiger partial charge is 0.507 e. The number of aromatic hydroxyl groups is 1. The molecule has 19 heavy (non-hydrogen) atoms. The molecule has 0 aliphatic heterocycles. The number of benzene rings is 1. The quantitative estimate of drug-likeness (QED) is 0.188. The summed E-state index contributed by atoms with van der Waals surface area (Å²) in [6.45, 7) is 4.03. The monoisotopic (exact) mass is 281 g/mol.